The van der Waals surface area contributed by atoms with Crippen molar-refractivity contribution in [2.75, 3.05) is 39.6 Å². The lowest BCUT2D eigenvalue weighted by Gasteiger charge is -2.28. The Labute approximate surface area is 607 Å². The minimum absolute atomic E-state index is 0.0549. The predicted octanol–water partition coefficient (Wildman–Crippen LogP) is 21.5. The van der Waals surface area contributed by atoms with E-state index in [0.29, 0.717) is 25.7 Å². The van der Waals surface area contributed by atoms with Crippen LogP contribution in [0.2, 0.25) is 0 Å². The minimum Gasteiger partial charge on any atom is -0.756 e. The van der Waals surface area contributed by atoms with Crippen LogP contribution in [0.4, 0.5) is 0 Å². The van der Waals surface area contributed by atoms with Crippen molar-refractivity contribution >= 4 is 39.5 Å². The van der Waals surface area contributed by atoms with E-state index in [0.717, 1.165) is 180 Å². The van der Waals surface area contributed by atoms with Gasteiger partial charge in [0.05, 0.1) is 26.4 Å². The number of phosphoric ester groups is 2. The zero-order valence-corrected chi connectivity index (χ0v) is 64.8. The summed E-state index contributed by atoms with van der Waals surface area (Å²) in [7, 11) is -10.5. The van der Waals surface area contributed by atoms with Crippen molar-refractivity contribution in [3.05, 3.63) is 97.2 Å². The smallest absolute Gasteiger partial charge is 0.306 e. The molecule has 0 aliphatic rings. The molecule has 0 bridgehead atoms. The van der Waals surface area contributed by atoms with Gasteiger partial charge in [-0.05, 0) is 154 Å². The number of allylic oxidation sites excluding steroid dienone is 16. The van der Waals surface area contributed by atoms with E-state index in [9.17, 15) is 43.2 Å². The highest BCUT2D eigenvalue weighted by atomic mass is 31.2. The maximum absolute atomic E-state index is 13.0. The van der Waals surface area contributed by atoms with Crippen LogP contribution in [0, 0.1) is 0 Å². The van der Waals surface area contributed by atoms with Gasteiger partial charge in [0.2, 0.25) is 0 Å². The minimum atomic E-state index is -5.25. The van der Waals surface area contributed by atoms with Crippen LogP contribution in [0.1, 0.15) is 336 Å². The summed E-state index contributed by atoms with van der Waals surface area (Å²) in [6, 6.07) is 0. The van der Waals surface area contributed by atoms with Gasteiger partial charge < -0.3 is 51.9 Å². The predicted molar refractivity (Wildman–Crippen MR) is 404 cm³/mol. The molecule has 0 saturated heterocycles. The number of ether oxygens (including phenoxy) is 4. The largest absolute Gasteiger partial charge is 0.756 e. The molecule has 0 amide bonds. The number of phosphoric acid groups is 2. The molecule has 0 heterocycles. The number of esters is 4. The quantitative estimate of drug-likeness (QED) is 0.0196. The van der Waals surface area contributed by atoms with Crippen molar-refractivity contribution in [1.82, 2.24) is 0 Å². The average Bonchev–Trinajstić information content (AvgIpc) is 1.01. The highest BCUT2D eigenvalue weighted by Crippen LogP contribution is 2.41. The summed E-state index contributed by atoms with van der Waals surface area (Å²) in [6.45, 7) is 4.33. The summed E-state index contributed by atoms with van der Waals surface area (Å²) >= 11 is 0. The van der Waals surface area contributed by atoms with Crippen molar-refractivity contribution in [3.63, 3.8) is 0 Å². The molecule has 100 heavy (non-hydrogen) atoms. The molecule has 578 valence electrons. The van der Waals surface area contributed by atoms with Crippen LogP contribution < -0.4 is 9.79 Å². The summed E-state index contributed by atoms with van der Waals surface area (Å²) in [6.07, 6.45) is 76.0. The molecule has 0 aromatic carbocycles. The Kier molecular flexibility index (Phi) is 70.4. The van der Waals surface area contributed by atoms with Gasteiger partial charge in [0.1, 0.15) is 19.3 Å². The highest BCUT2D eigenvalue weighted by Gasteiger charge is 2.25. The molecule has 0 radical (unpaired) electrons. The zero-order chi connectivity index (χ0) is 73.2. The van der Waals surface area contributed by atoms with Gasteiger partial charge in [-0.1, -0.05) is 253 Å². The maximum Gasteiger partial charge on any atom is 0.306 e. The van der Waals surface area contributed by atoms with Crippen LogP contribution in [0.3, 0.4) is 0 Å². The Morgan fingerprint density at radius 3 is 0.750 bits per heavy atom. The Morgan fingerprint density at radius 2 is 0.500 bits per heavy atom. The number of aliphatic hydroxyl groups is 1. The van der Waals surface area contributed by atoms with E-state index in [1.165, 1.54) is 77.0 Å². The molecular formula is C81H140O17P2-2. The maximum atomic E-state index is 13.0. The van der Waals surface area contributed by atoms with E-state index in [-0.39, 0.29) is 25.7 Å². The standard InChI is InChI=1S/C81H142O17P2/c1-5-9-13-17-21-25-29-33-37-41-45-49-53-57-61-65-78(83)91-71-76(97-80(85)67-63-59-55-51-47-43-39-35-31-27-23-19-15-11-7-3)73-95-99(87,88)93-69-75(82)70-94-100(89,90)96-74-77(98-81(86)68-64-60-56-52-48-44-40-36-32-28-24-20-16-12-8-4)72-92-79(84)66-62-58-54-50-46-42-38-34-30-26-22-18-14-10-6-2/h21-28,33-40,75-77,82H,5-20,29-32,41-74H2,1-4H3,(H,87,88)(H,89,90)/p-2/b25-21-,26-22-,27-23-,28-24-,37-33-,38-34-,39-35-,40-36-/t75?,76-,77+. The normalized spacial score (nSPS) is 14.4. The van der Waals surface area contributed by atoms with Crippen LogP contribution >= 0.6 is 15.6 Å². The molecular weight excluding hydrogens is 1310 g/mol. The van der Waals surface area contributed by atoms with E-state index >= 15 is 0 Å². The first kappa shape index (κ1) is 96.0. The third-order valence-electron chi connectivity index (χ3n) is 16.5. The lowest BCUT2D eigenvalue weighted by molar-refractivity contribution is -0.233. The molecule has 0 saturated carbocycles. The fraction of sp³-hybridized carbons (Fsp3) is 0.753. The van der Waals surface area contributed by atoms with E-state index in [1.807, 2.05) is 0 Å². The summed E-state index contributed by atoms with van der Waals surface area (Å²) < 4.78 is 67.7. The lowest BCUT2D eigenvalue weighted by atomic mass is 10.1. The van der Waals surface area contributed by atoms with Gasteiger partial charge in [0.25, 0.3) is 15.6 Å². The first-order valence-electron chi connectivity index (χ1n) is 39.4. The first-order valence-corrected chi connectivity index (χ1v) is 42.4. The first-order chi connectivity index (χ1) is 48.7. The molecule has 0 aliphatic carbocycles. The molecule has 0 aliphatic heterocycles. The number of unbranched alkanes of at least 4 members (excludes halogenated alkanes) is 32. The third kappa shape index (κ3) is 72.3. The van der Waals surface area contributed by atoms with Gasteiger partial charge >= 0.3 is 23.9 Å². The SMILES string of the molecule is CCCCC/C=C\C/C=C\CCCCCCCC(=O)OC[C@H](COP(=O)([O-])OCC(O)COP(=O)([O-])OC[C@H](COC(=O)CCCCCCC/C=C\C/C=C\CCCCC)OC(=O)CCCCCCC/C=C\C/C=C\CCCCC)OC(=O)CCCCCCC/C=C\C/C=C\CCCCC. The molecule has 0 spiro atoms. The van der Waals surface area contributed by atoms with Crippen molar-refractivity contribution < 1.29 is 80.2 Å². The average molecular weight is 1450 g/mol. The highest BCUT2D eigenvalue weighted by molar-refractivity contribution is 7.46. The van der Waals surface area contributed by atoms with Crippen molar-refractivity contribution in [1.29, 1.82) is 0 Å². The Morgan fingerprint density at radius 1 is 0.290 bits per heavy atom. The summed E-state index contributed by atoms with van der Waals surface area (Å²) in [5.74, 6) is -2.32. The van der Waals surface area contributed by atoms with Gasteiger partial charge in [0.15, 0.2) is 12.2 Å². The Bertz CT molecular complexity index is 2120. The van der Waals surface area contributed by atoms with Crippen LogP contribution in [-0.4, -0.2) is 86.9 Å². The molecule has 3 unspecified atom stereocenters. The monoisotopic (exact) mass is 1450 g/mol. The van der Waals surface area contributed by atoms with E-state index in [4.69, 9.17) is 37.0 Å². The number of hydrogen-bond donors (Lipinski definition) is 1. The molecule has 0 aromatic heterocycles. The second-order valence-corrected chi connectivity index (χ2v) is 29.1. The second kappa shape index (κ2) is 73.3. The Balaban J connectivity index is 5.40. The van der Waals surface area contributed by atoms with Crippen molar-refractivity contribution in [2.45, 2.75) is 354 Å². The topological polar surface area (TPSA) is 243 Å². The number of aliphatic hydroxyl groups excluding tert-OH is 1. The van der Waals surface area contributed by atoms with Gasteiger partial charge in [-0.25, -0.2) is 0 Å². The number of hydrogen-bond acceptors (Lipinski definition) is 17. The zero-order valence-electron chi connectivity index (χ0n) is 63.0. The summed E-state index contributed by atoms with van der Waals surface area (Å²) in [4.78, 5) is 77.6. The van der Waals surface area contributed by atoms with Gasteiger partial charge in [-0.15, -0.1) is 0 Å². The van der Waals surface area contributed by atoms with Crippen LogP contribution in [0.15, 0.2) is 97.2 Å². The fourth-order valence-corrected chi connectivity index (χ4v) is 11.9. The van der Waals surface area contributed by atoms with Gasteiger partial charge in [-0.2, -0.15) is 0 Å². The number of carbonyl (C=O) groups excluding carboxylic acids is 4. The van der Waals surface area contributed by atoms with Crippen molar-refractivity contribution in [2.24, 2.45) is 0 Å². The molecule has 1 N–H and O–H groups in total. The molecule has 19 heteroatoms. The third-order valence-corrected chi connectivity index (χ3v) is 18.3. The fourth-order valence-electron chi connectivity index (χ4n) is 10.4. The lowest BCUT2D eigenvalue weighted by Crippen LogP contribution is -2.31. The van der Waals surface area contributed by atoms with Gasteiger partial charge in [0, 0.05) is 25.7 Å². The molecule has 0 aromatic rings. The number of carbonyl (C=O) groups is 4. The van der Waals surface area contributed by atoms with E-state index < -0.39 is 97.5 Å². The molecule has 0 rings (SSSR count). The van der Waals surface area contributed by atoms with E-state index in [1.54, 1.807) is 0 Å². The molecule has 5 atom stereocenters. The molecule has 17 nitrogen and oxygen atoms in total. The van der Waals surface area contributed by atoms with Crippen molar-refractivity contribution in [3.8, 4) is 0 Å². The Hall–Kier alpha value is -4.02. The number of rotatable bonds is 74. The van der Waals surface area contributed by atoms with E-state index in [2.05, 4.69) is 125 Å². The van der Waals surface area contributed by atoms with Crippen LogP contribution in [-0.2, 0) is 65.4 Å². The summed E-state index contributed by atoms with van der Waals surface area (Å²) in [5, 5.41) is 10.6. The second-order valence-electron chi connectivity index (χ2n) is 26.2. The summed E-state index contributed by atoms with van der Waals surface area (Å²) in [5.41, 5.74) is 0. The van der Waals surface area contributed by atoms with Crippen LogP contribution in [0.5, 0.6) is 0 Å². The van der Waals surface area contributed by atoms with Crippen LogP contribution in [0.25, 0.3) is 0 Å². The van der Waals surface area contributed by atoms with Gasteiger partial charge in [-0.3, -0.25) is 28.3 Å². The molecule has 0 fully saturated rings.